The van der Waals surface area contributed by atoms with E-state index in [9.17, 15) is 9.59 Å². The average Bonchev–Trinajstić information content (AvgIpc) is 2.81. The molecule has 0 aliphatic rings. The van der Waals surface area contributed by atoms with Crippen molar-refractivity contribution in [3.05, 3.63) is 70.6 Å². The Balaban J connectivity index is 1.83. The number of rotatable bonds is 4. The molecule has 23 heavy (non-hydrogen) atoms. The smallest absolute Gasteiger partial charge is 0.329 e. The Morgan fingerprint density at radius 1 is 1.00 bits per heavy atom. The number of imidazole rings is 1. The summed E-state index contributed by atoms with van der Waals surface area (Å²) in [6.45, 7) is 0.572. The fraction of sp³-hybridized carbons (Fsp3) is 0.222. The number of fused-ring (bicyclic) bond motifs is 1. The van der Waals surface area contributed by atoms with Crippen molar-refractivity contribution in [3.8, 4) is 0 Å². The minimum Gasteiger partial charge on any atom is -0.340 e. The van der Waals surface area contributed by atoms with Crippen molar-refractivity contribution in [2.24, 2.45) is 7.05 Å². The van der Waals surface area contributed by atoms with Gasteiger partial charge in [-0.25, -0.2) is 4.79 Å². The van der Waals surface area contributed by atoms with Gasteiger partial charge < -0.3 is 4.90 Å². The Morgan fingerprint density at radius 2 is 1.61 bits per heavy atom. The van der Waals surface area contributed by atoms with Crippen LogP contribution in [0.25, 0.3) is 11.0 Å². The lowest BCUT2D eigenvalue weighted by molar-refractivity contribution is -0.131. The number of carbonyl (C=O) groups excluding carboxylic acids is 1. The van der Waals surface area contributed by atoms with E-state index >= 15 is 0 Å². The number of para-hydroxylation sites is 2. The van der Waals surface area contributed by atoms with Gasteiger partial charge in [0.1, 0.15) is 6.54 Å². The molecule has 0 bridgehead atoms. The van der Waals surface area contributed by atoms with E-state index in [4.69, 9.17) is 0 Å². The van der Waals surface area contributed by atoms with Crippen molar-refractivity contribution >= 4 is 16.9 Å². The molecule has 0 saturated heterocycles. The molecule has 5 heteroatoms. The van der Waals surface area contributed by atoms with Crippen LogP contribution in [0, 0.1) is 0 Å². The Morgan fingerprint density at radius 3 is 2.30 bits per heavy atom. The zero-order valence-electron chi connectivity index (χ0n) is 13.3. The summed E-state index contributed by atoms with van der Waals surface area (Å²) in [5.74, 6) is -0.0905. The zero-order chi connectivity index (χ0) is 16.4. The number of carbonyl (C=O) groups is 1. The van der Waals surface area contributed by atoms with E-state index in [1.165, 1.54) is 4.57 Å². The maximum Gasteiger partial charge on any atom is 0.329 e. The molecular weight excluding hydrogens is 290 g/mol. The quantitative estimate of drug-likeness (QED) is 0.740. The lowest BCUT2D eigenvalue weighted by Crippen LogP contribution is -2.33. The van der Waals surface area contributed by atoms with E-state index in [0.29, 0.717) is 6.54 Å². The molecular formula is C18H19N3O2. The number of nitrogens with zero attached hydrogens (tertiary/aromatic N) is 3. The van der Waals surface area contributed by atoms with Crippen LogP contribution >= 0.6 is 0 Å². The second-order valence-corrected chi connectivity index (χ2v) is 5.65. The summed E-state index contributed by atoms with van der Waals surface area (Å²) < 4.78 is 3.10. The number of amides is 1. The predicted molar refractivity (Wildman–Crippen MR) is 90.1 cm³/mol. The van der Waals surface area contributed by atoms with Gasteiger partial charge in [0.2, 0.25) is 5.91 Å². The van der Waals surface area contributed by atoms with E-state index < -0.39 is 0 Å². The highest BCUT2D eigenvalue weighted by Crippen LogP contribution is 2.12. The number of aromatic nitrogens is 2. The molecule has 3 aromatic rings. The number of aryl methyl sites for hydroxylation is 1. The van der Waals surface area contributed by atoms with Crippen LogP contribution in [0.1, 0.15) is 5.56 Å². The van der Waals surface area contributed by atoms with E-state index in [1.54, 1.807) is 23.6 Å². The van der Waals surface area contributed by atoms with Gasteiger partial charge in [0.25, 0.3) is 0 Å². The van der Waals surface area contributed by atoms with Crippen LogP contribution in [0.3, 0.4) is 0 Å². The second kappa shape index (κ2) is 6.12. The highest BCUT2D eigenvalue weighted by molar-refractivity contribution is 5.80. The van der Waals surface area contributed by atoms with Crippen LogP contribution in [0.5, 0.6) is 0 Å². The van der Waals surface area contributed by atoms with Gasteiger partial charge in [-0.05, 0) is 17.7 Å². The summed E-state index contributed by atoms with van der Waals surface area (Å²) in [4.78, 5) is 26.5. The summed E-state index contributed by atoms with van der Waals surface area (Å²) in [5, 5.41) is 0. The normalized spacial score (nSPS) is 10.9. The standard InChI is InChI=1S/C18H19N3O2/c1-19(12-14-8-4-3-5-9-14)17(22)13-21-16-11-7-6-10-15(16)20(2)18(21)23/h3-11H,12-13H2,1-2H3. The summed E-state index contributed by atoms with van der Waals surface area (Å²) in [5.41, 5.74) is 2.50. The van der Waals surface area contributed by atoms with Gasteiger partial charge in [0, 0.05) is 20.6 Å². The van der Waals surface area contributed by atoms with Gasteiger partial charge >= 0.3 is 5.69 Å². The largest absolute Gasteiger partial charge is 0.340 e. The first-order valence-corrected chi connectivity index (χ1v) is 7.50. The summed E-state index contributed by atoms with van der Waals surface area (Å²) in [6, 6.07) is 17.3. The lowest BCUT2D eigenvalue weighted by Gasteiger charge is -2.17. The number of hydrogen-bond donors (Lipinski definition) is 0. The first-order valence-electron chi connectivity index (χ1n) is 7.50. The summed E-state index contributed by atoms with van der Waals surface area (Å²) >= 11 is 0. The third-order valence-corrected chi connectivity index (χ3v) is 4.03. The minimum atomic E-state index is -0.173. The van der Waals surface area contributed by atoms with Gasteiger partial charge in [-0.15, -0.1) is 0 Å². The highest BCUT2D eigenvalue weighted by Gasteiger charge is 2.15. The fourth-order valence-corrected chi connectivity index (χ4v) is 2.72. The Hall–Kier alpha value is -2.82. The molecule has 0 unspecified atom stereocenters. The number of likely N-dealkylation sites (N-methyl/N-ethyl adjacent to an activating group) is 1. The Kier molecular flexibility index (Phi) is 4.02. The molecule has 0 atom stereocenters. The van der Waals surface area contributed by atoms with Crippen LogP contribution in [-0.2, 0) is 24.9 Å². The SMILES string of the molecule is CN(Cc1ccccc1)C(=O)Cn1c(=O)n(C)c2ccccc21. The molecule has 0 aliphatic carbocycles. The molecule has 0 radical (unpaired) electrons. The first-order chi connectivity index (χ1) is 11.1. The minimum absolute atomic E-state index is 0.0452. The first kappa shape index (κ1) is 15.1. The molecule has 1 heterocycles. The van der Waals surface area contributed by atoms with Crippen molar-refractivity contribution in [3.63, 3.8) is 0 Å². The van der Waals surface area contributed by atoms with E-state index in [-0.39, 0.29) is 18.1 Å². The van der Waals surface area contributed by atoms with Gasteiger partial charge in [0.15, 0.2) is 0 Å². The molecule has 0 spiro atoms. The van der Waals surface area contributed by atoms with E-state index in [2.05, 4.69) is 0 Å². The van der Waals surface area contributed by atoms with Crippen LogP contribution in [0.2, 0.25) is 0 Å². The van der Waals surface area contributed by atoms with Crippen molar-refractivity contribution in [2.75, 3.05) is 7.05 Å². The van der Waals surface area contributed by atoms with Crippen LogP contribution in [0.15, 0.2) is 59.4 Å². The fourth-order valence-electron chi connectivity index (χ4n) is 2.72. The summed E-state index contributed by atoms with van der Waals surface area (Å²) in [7, 11) is 3.48. The maximum absolute atomic E-state index is 12.5. The van der Waals surface area contributed by atoms with E-state index in [0.717, 1.165) is 16.6 Å². The van der Waals surface area contributed by atoms with Gasteiger partial charge in [-0.1, -0.05) is 42.5 Å². The molecule has 0 aliphatic heterocycles. The average molecular weight is 309 g/mol. The molecule has 3 rings (SSSR count). The van der Waals surface area contributed by atoms with Crippen LogP contribution in [-0.4, -0.2) is 27.0 Å². The van der Waals surface area contributed by atoms with Crippen molar-refractivity contribution in [2.45, 2.75) is 13.1 Å². The molecule has 0 fully saturated rings. The van der Waals surface area contributed by atoms with Gasteiger partial charge in [0.05, 0.1) is 11.0 Å². The van der Waals surface area contributed by atoms with Crippen LogP contribution < -0.4 is 5.69 Å². The summed E-state index contributed by atoms with van der Waals surface area (Å²) in [6.07, 6.45) is 0. The molecule has 1 amide bonds. The molecule has 1 aromatic heterocycles. The van der Waals surface area contributed by atoms with Gasteiger partial charge in [-0.3, -0.25) is 13.9 Å². The van der Waals surface area contributed by atoms with Crippen LogP contribution in [0.4, 0.5) is 0 Å². The molecule has 118 valence electrons. The second-order valence-electron chi connectivity index (χ2n) is 5.65. The number of benzene rings is 2. The third-order valence-electron chi connectivity index (χ3n) is 4.03. The lowest BCUT2D eigenvalue weighted by atomic mass is 10.2. The maximum atomic E-state index is 12.5. The Bertz CT molecular complexity index is 894. The zero-order valence-corrected chi connectivity index (χ0v) is 13.3. The van der Waals surface area contributed by atoms with Gasteiger partial charge in [-0.2, -0.15) is 0 Å². The number of hydrogen-bond acceptors (Lipinski definition) is 2. The highest BCUT2D eigenvalue weighted by atomic mass is 16.2. The predicted octanol–water partition coefficient (Wildman–Crippen LogP) is 2.00. The molecule has 0 saturated carbocycles. The topological polar surface area (TPSA) is 47.2 Å². The van der Waals surface area contributed by atoms with E-state index in [1.807, 2.05) is 54.6 Å². The Labute approximate surface area is 134 Å². The molecule has 0 N–H and O–H groups in total. The molecule has 2 aromatic carbocycles. The van der Waals surface area contributed by atoms with Crippen molar-refractivity contribution in [1.29, 1.82) is 0 Å². The van der Waals surface area contributed by atoms with Crippen molar-refractivity contribution < 1.29 is 4.79 Å². The third kappa shape index (κ3) is 2.90. The molecule has 5 nitrogen and oxygen atoms in total. The van der Waals surface area contributed by atoms with Crippen molar-refractivity contribution in [1.82, 2.24) is 14.0 Å². The monoisotopic (exact) mass is 309 g/mol.